The summed E-state index contributed by atoms with van der Waals surface area (Å²) in [6.45, 7) is 2.28. The van der Waals surface area contributed by atoms with Gasteiger partial charge in [0.2, 0.25) is 0 Å². The summed E-state index contributed by atoms with van der Waals surface area (Å²) in [4.78, 5) is 28.3. The van der Waals surface area contributed by atoms with Gasteiger partial charge in [0.15, 0.2) is 0 Å². The minimum atomic E-state index is -0.866. The number of carboxylic acid groups (broad SMARTS) is 1. The van der Waals surface area contributed by atoms with E-state index in [4.69, 9.17) is 5.11 Å². The highest BCUT2D eigenvalue weighted by Gasteiger charge is 2.20. The molecule has 5 heterocycles. The van der Waals surface area contributed by atoms with Crippen LogP contribution >= 0.6 is 0 Å². The first kappa shape index (κ1) is 20.9. The first-order valence-corrected chi connectivity index (χ1v) is 11.4. The summed E-state index contributed by atoms with van der Waals surface area (Å²) in [5.74, 6) is 1.38. The zero-order chi connectivity index (χ0) is 23.8. The van der Waals surface area contributed by atoms with Gasteiger partial charge in [0.05, 0.1) is 29.1 Å². The normalized spacial score (nSPS) is 13.9. The van der Waals surface area contributed by atoms with Crippen molar-refractivity contribution in [2.45, 2.75) is 0 Å². The van der Waals surface area contributed by atoms with Crippen LogP contribution in [0.4, 0.5) is 22.1 Å². The second-order valence-electron chi connectivity index (χ2n) is 8.43. The number of rotatable bonds is 4. The molecule has 9 nitrogen and oxygen atoms in total. The smallest absolute Gasteiger partial charge is 0.407 e. The molecule has 2 N–H and O–H groups in total. The van der Waals surface area contributed by atoms with Crippen molar-refractivity contribution in [2.75, 3.05) is 36.4 Å². The monoisotopic (exact) mass is 465 g/mol. The lowest BCUT2D eigenvalue weighted by molar-refractivity contribution is 0.142. The highest BCUT2D eigenvalue weighted by Crippen LogP contribution is 2.32. The van der Waals surface area contributed by atoms with Gasteiger partial charge >= 0.3 is 6.09 Å². The molecule has 35 heavy (non-hydrogen) atoms. The Morgan fingerprint density at radius 3 is 2.34 bits per heavy atom. The molecular formula is C26H23N7O2. The Morgan fingerprint density at radius 2 is 1.60 bits per heavy atom. The third-order valence-corrected chi connectivity index (χ3v) is 6.39. The van der Waals surface area contributed by atoms with Gasteiger partial charge in [0.25, 0.3) is 0 Å². The van der Waals surface area contributed by atoms with Crippen LogP contribution < -0.4 is 10.2 Å². The lowest BCUT2D eigenvalue weighted by atomic mass is 10.2. The summed E-state index contributed by atoms with van der Waals surface area (Å²) in [6, 6.07) is 18.2. The van der Waals surface area contributed by atoms with Gasteiger partial charge in [-0.1, -0.05) is 18.2 Å². The van der Waals surface area contributed by atoms with Gasteiger partial charge in [-0.15, -0.1) is 0 Å². The number of hydrogen-bond donors (Lipinski definition) is 2. The molecule has 1 aromatic carbocycles. The Labute approximate surface area is 201 Å². The van der Waals surface area contributed by atoms with E-state index >= 15 is 0 Å². The number of nitrogens with zero attached hydrogens (tertiary/aromatic N) is 6. The summed E-state index contributed by atoms with van der Waals surface area (Å²) < 4.78 is 2.19. The highest BCUT2D eigenvalue weighted by atomic mass is 16.4. The van der Waals surface area contributed by atoms with Crippen molar-refractivity contribution in [2.24, 2.45) is 0 Å². The third-order valence-electron chi connectivity index (χ3n) is 6.39. The number of hydrogen-bond acceptors (Lipinski definition) is 6. The Kier molecular flexibility index (Phi) is 5.14. The van der Waals surface area contributed by atoms with Gasteiger partial charge < -0.3 is 24.8 Å². The molecule has 0 bridgehead atoms. The minimum Gasteiger partial charge on any atom is -0.465 e. The SMILES string of the molecule is O=C(O)N1CCN(c2ccc(Nc3cc4c(cn3)c3ccncc3n4-c3ccccc3)nc2)CC1. The first-order chi connectivity index (χ1) is 17.2. The quantitative estimate of drug-likeness (QED) is 0.403. The summed E-state index contributed by atoms with van der Waals surface area (Å²) in [7, 11) is 0. The van der Waals surface area contributed by atoms with Gasteiger partial charge in [-0.25, -0.2) is 14.8 Å². The van der Waals surface area contributed by atoms with Gasteiger partial charge in [-0.3, -0.25) is 4.98 Å². The predicted molar refractivity (Wildman–Crippen MR) is 136 cm³/mol. The van der Waals surface area contributed by atoms with Crippen LogP contribution in [0, 0.1) is 0 Å². The molecule has 1 aliphatic rings. The van der Waals surface area contributed by atoms with Crippen molar-refractivity contribution in [1.29, 1.82) is 0 Å². The van der Waals surface area contributed by atoms with E-state index in [0.29, 0.717) is 37.8 Å². The summed E-state index contributed by atoms with van der Waals surface area (Å²) in [5, 5.41) is 14.6. The van der Waals surface area contributed by atoms with Gasteiger partial charge in [-0.05, 0) is 30.3 Å². The van der Waals surface area contributed by atoms with Crippen LogP contribution in [0.2, 0.25) is 0 Å². The number of benzene rings is 1. The van der Waals surface area contributed by atoms with E-state index in [1.165, 1.54) is 4.90 Å². The maximum Gasteiger partial charge on any atom is 0.407 e. The van der Waals surface area contributed by atoms with Crippen molar-refractivity contribution < 1.29 is 9.90 Å². The molecule has 5 aromatic rings. The van der Waals surface area contributed by atoms with Crippen LogP contribution in [0.1, 0.15) is 0 Å². The molecule has 1 amide bonds. The summed E-state index contributed by atoms with van der Waals surface area (Å²) >= 11 is 0. The number of pyridine rings is 3. The van der Waals surface area contributed by atoms with Crippen molar-refractivity contribution in [3.05, 3.63) is 79.4 Å². The molecule has 6 rings (SSSR count). The number of anilines is 3. The van der Waals surface area contributed by atoms with Crippen LogP contribution in [0.5, 0.6) is 0 Å². The second kappa shape index (κ2) is 8.60. The van der Waals surface area contributed by atoms with Gasteiger partial charge in [0, 0.05) is 61.1 Å². The Bertz CT molecular complexity index is 1510. The molecule has 174 valence electrons. The average molecular weight is 466 g/mol. The van der Waals surface area contributed by atoms with Crippen LogP contribution in [0.3, 0.4) is 0 Å². The Hall–Kier alpha value is -4.66. The van der Waals surface area contributed by atoms with E-state index in [2.05, 4.69) is 41.9 Å². The number of piperazine rings is 1. The van der Waals surface area contributed by atoms with Crippen LogP contribution in [0.25, 0.3) is 27.5 Å². The van der Waals surface area contributed by atoms with Gasteiger partial charge in [0.1, 0.15) is 11.6 Å². The number of nitrogens with one attached hydrogen (secondary N) is 1. The Morgan fingerprint density at radius 1 is 0.800 bits per heavy atom. The van der Waals surface area contributed by atoms with Crippen LogP contribution in [-0.2, 0) is 0 Å². The summed E-state index contributed by atoms with van der Waals surface area (Å²) in [5.41, 5.74) is 4.09. The van der Waals surface area contributed by atoms with Crippen molar-refractivity contribution in [1.82, 2.24) is 24.4 Å². The standard InChI is InChI=1S/C26H23N7O2/c34-26(35)32-12-10-31(11-13-32)19-6-7-24(28-15-19)30-25-14-22-21(16-29-25)20-8-9-27-17-23(20)33(22)18-4-2-1-3-5-18/h1-9,14-17H,10-13H2,(H,34,35)(H,28,29,30). The van der Waals surface area contributed by atoms with Crippen molar-refractivity contribution in [3.8, 4) is 5.69 Å². The first-order valence-electron chi connectivity index (χ1n) is 11.4. The number of amides is 1. The summed E-state index contributed by atoms with van der Waals surface area (Å²) in [6.07, 6.45) is 6.51. The van der Waals surface area contributed by atoms with E-state index in [1.807, 2.05) is 61.1 Å². The molecule has 0 spiro atoms. The number of fused-ring (bicyclic) bond motifs is 3. The molecule has 1 aliphatic heterocycles. The van der Waals surface area contributed by atoms with E-state index in [-0.39, 0.29) is 0 Å². The van der Waals surface area contributed by atoms with E-state index in [1.54, 1.807) is 6.20 Å². The lowest BCUT2D eigenvalue weighted by Crippen LogP contribution is -2.48. The topological polar surface area (TPSA) is 99.4 Å². The maximum atomic E-state index is 11.1. The maximum absolute atomic E-state index is 11.1. The Balaban J connectivity index is 1.29. The molecule has 0 atom stereocenters. The van der Waals surface area contributed by atoms with Gasteiger partial charge in [-0.2, -0.15) is 0 Å². The van der Waals surface area contributed by atoms with Crippen molar-refractivity contribution in [3.63, 3.8) is 0 Å². The molecule has 0 radical (unpaired) electrons. The average Bonchev–Trinajstić information content (AvgIpc) is 3.23. The minimum absolute atomic E-state index is 0.490. The largest absolute Gasteiger partial charge is 0.465 e. The molecule has 0 unspecified atom stereocenters. The predicted octanol–water partition coefficient (Wildman–Crippen LogP) is 4.51. The second-order valence-corrected chi connectivity index (χ2v) is 8.43. The fourth-order valence-corrected chi connectivity index (χ4v) is 4.62. The molecule has 4 aromatic heterocycles. The number of aromatic nitrogens is 4. The molecule has 0 saturated carbocycles. The van der Waals surface area contributed by atoms with Crippen LogP contribution in [0.15, 0.2) is 79.4 Å². The van der Waals surface area contributed by atoms with E-state index < -0.39 is 6.09 Å². The molecule has 9 heteroatoms. The van der Waals surface area contributed by atoms with E-state index in [9.17, 15) is 4.79 Å². The zero-order valence-electron chi connectivity index (χ0n) is 18.9. The molecule has 1 fully saturated rings. The lowest BCUT2D eigenvalue weighted by Gasteiger charge is -2.34. The fourth-order valence-electron chi connectivity index (χ4n) is 4.62. The molecule has 1 saturated heterocycles. The number of carbonyl (C=O) groups is 1. The number of para-hydroxylation sites is 1. The van der Waals surface area contributed by atoms with Crippen molar-refractivity contribution >= 4 is 45.2 Å². The van der Waals surface area contributed by atoms with Crippen LogP contribution in [-0.4, -0.2) is 61.8 Å². The highest BCUT2D eigenvalue weighted by molar-refractivity contribution is 6.09. The zero-order valence-corrected chi connectivity index (χ0v) is 18.9. The van der Waals surface area contributed by atoms with E-state index in [0.717, 1.165) is 33.2 Å². The molecular weight excluding hydrogens is 442 g/mol. The third kappa shape index (κ3) is 3.86. The molecule has 0 aliphatic carbocycles. The fraction of sp³-hybridized carbons (Fsp3) is 0.154.